The molecular formula is C12H20BrN3O. The summed E-state index contributed by atoms with van der Waals surface area (Å²) in [6, 6.07) is 2.13. The molecule has 2 N–H and O–H groups in total. The molecule has 0 aliphatic rings. The number of nitrogens with one attached hydrogen (secondary N) is 2. The van der Waals surface area contributed by atoms with E-state index >= 15 is 0 Å². The van der Waals surface area contributed by atoms with Gasteiger partial charge in [-0.25, -0.2) is 0 Å². The largest absolute Gasteiger partial charge is 0.351 e. The Bertz CT molecular complexity index is 374. The summed E-state index contributed by atoms with van der Waals surface area (Å²) in [6.07, 6.45) is 2.87. The minimum Gasteiger partial charge on any atom is -0.351 e. The molecule has 0 saturated carbocycles. The van der Waals surface area contributed by atoms with Crippen molar-refractivity contribution in [1.82, 2.24) is 15.2 Å². The number of amides is 1. The molecule has 96 valence electrons. The number of rotatable bonds is 6. The zero-order valence-electron chi connectivity index (χ0n) is 10.6. The average Bonchev–Trinajstić information content (AvgIpc) is 2.66. The summed E-state index contributed by atoms with van der Waals surface area (Å²) in [6.45, 7) is 5.73. The predicted octanol–water partition coefficient (Wildman–Crippen LogP) is 2.17. The lowest BCUT2D eigenvalue weighted by Crippen LogP contribution is -2.28. The summed E-state index contributed by atoms with van der Waals surface area (Å²) in [4.78, 5) is 12.0. The lowest BCUT2D eigenvalue weighted by molar-refractivity contribution is 0.0942. The third-order valence-electron chi connectivity index (χ3n) is 2.49. The Morgan fingerprint density at radius 1 is 1.47 bits per heavy atom. The van der Waals surface area contributed by atoms with Crippen molar-refractivity contribution in [2.75, 3.05) is 20.1 Å². The van der Waals surface area contributed by atoms with Gasteiger partial charge in [0.2, 0.25) is 0 Å². The molecule has 17 heavy (non-hydrogen) atoms. The van der Waals surface area contributed by atoms with Crippen LogP contribution in [-0.4, -0.2) is 30.6 Å². The molecule has 4 nitrogen and oxygen atoms in total. The van der Waals surface area contributed by atoms with Crippen LogP contribution in [0.1, 0.15) is 36.8 Å². The molecule has 0 fully saturated rings. The number of nitrogens with zero attached hydrogens (tertiary/aromatic N) is 1. The molecule has 0 radical (unpaired) electrons. The van der Waals surface area contributed by atoms with E-state index in [-0.39, 0.29) is 11.9 Å². The van der Waals surface area contributed by atoms with E-state index < -0.39 is 0 Å². The minimum absolute atomic E-state index is 0.0134. The first-order chi connectivity index (χ1) is 8.06. The maximum Gasteiger partial charge on any atom is 0.267 e. The number of carbonyl (C=O) groups is 1. The van der Waals surface area contributed by atoms with Gasteiger partial charge < -0.3 is 15.2 Å². The van der Waals surface area contributed by atoms with Gasteiger partial charge in [0.25, 0.3) is 5.91 Å². The summed E-state index contributed by atoms with van der Waals surface area (Å²) in [5.74, 6) is -0.0134. The second-order valence-electron chi connectivity index (χ2n) is 4.26. The van der Waals surface area contributed by atoms with E-state index in [1.54, 1.807) is 0 Å². The van der Waals surface area contributed by atoms with E-state index in [2.05, 4.69) is 40.4 Å². The molecule has 0 spiro atoms. The summed E-state index contributed by atoms with van der Waals surface area (Å²) in [5, 5.41) is 5.97. The number of carbonyl (C=O) groups excluding carboxylic acids is 1. The van der Waals surface area contributed by atoms with E-state index in [0.717, 1.165) is 17.4 Å². The topological polar surface area (TPSA) is 46.1 Å². The van der Waals surface area contributed by atoms with E-state index in [1.807, 2.05) is 23.9 Å². The van der Waals surface area contributed by atoms with Crippen LogP contribution in [0.25, 0.3) is 0 Å². The zero-order chi connectivity index (χ0) is 12.8. The fourth-order valence-electron chi connectivity index (χ4n) is 1.61. The van der Waals surface area contributed by atoms with Crippen LogP contribution in [-0.2, 0) is 0 Å². The average molecular weight is 302 g/mol. The molecular weight excluding hydrogens is 282 g/mol. The Morgan fingerprint density at radius 2 is 2.18 bits per heavy atom. The van der Waals surface area contributed by atoms with Gasteiger partial charge in [-0.2, -0.15) is 0 Å². The molecule has 1 amide bonds. The fraction of sp³-hybridized carbons (Fsp3) is 0.583. The highest BCUT2D eigenvalue weighted by Gasteiger charge is 2.14. The van der Waals surface area contributed by atoms with Crippen molar-refractivity contribution in [2.45, 2.75) is 26.3 Å². The van der Waals surface area contributed by atoms with Crippen molar-refractivity contribution in [3.63, 3.8) is 0 Å². The van der Waals surface area contributed by atoms with Gasteiger partial charge in [0.15, 0.2) is 0 Å². The SMILES string of the molecule is CNCCCNC(=O)c1cc(Br)cn1C(C)C. The highest BCUT2D eigenvalue weighted by atomic mass is 79.9. The van der Waals surface area contributed by atoms with Crippen molar-refractivity contribution in [1.29, 1.82) is 0 Å². The molecule has 1 aromatic rings. The van der Waals surface area contributed by atoms with Crippen molar-refractivity contribution in [2.24, 2.45) is 0 Å². The van der Waals surface area contributed by atoms with Crippen LogP contribution in [0, 0.1) is 0 Å². The number of aromatic nitrogens is 1. The zero-order valence-corrected chi connectivity index (χ0v) is 12.2. The van der Waals surface area contributed by atoms with Gasteiger partial charge >= 0.3 is 0 Å². The normalized spacial score (nSPS) is 10.9. The van der Waals surface area contributed by atoms with E-state index in [1.165, 1.54) is 0 Å². The summed E-state index contributed by atoms with van der Waals surface area (Å²) >= 11 is 3.40. The number of hydrogen-bond acceptors (Lipinski definition) is 2. The van der Waals surface area contributed by atoms with Crippen LogP contribution >= 0.6 is 15.9 Å². The molecule has 0 aromatic carbocycles. The highest BCUT2D eigenvalue weighted by Crippen LogP contribution is 2.19. The fourth-order valence-corrected chi connectivity index (χ4v) is 2.05. The summed E-state index contributed by atoms with van der Waals surface area (Å²) < 4.78 is 2.91. The molecule has 1 rings (SSSR count). The van der Waals surface area contributed by atoms with E-state index in [0.29, 0.717) is 12.2 Å². The van der Waals surface area contributed by atoms with Gasteiger partial charge in [-0.1, -0.05) is 0 Å². The van der Waals surface area contributed by atoms with E-state index in [9.17, 15) is 4.79 Å². The van der Waals surface area contributed by atoms with Gasteiger partial charge in [0.1, 0.15) is 5.69 Å². The lowest BCUT2D eigenvalue weighted by atomic mass is 10.3. The van der Waals surface area contributed by atoms with Gasteiger partial charge in [-0.05, 0) is 55.9 Å². The first-order valence-corrected chi connectivity index (χ1v) is 6.65. The van der Waals surface area contributed by atoms with Crippen LogP contribution in [0.2, 0.25) is 0 Å². The van der Waals surface area contributed by atoms with Crippen molar-refractivity contribution >= 4 is 21.8 Å². The molecule has 5 heteroatoms. The quantitative estimate of drug-likeness (QED) is 0.791. The molecule has 1 aromatic heterocycles. The first-order valence-electron chi connectivity index (χ1n) is 5.86. The molecule has 0 aliphatic carbocycles. The standard InChI is InChI=1S/C12H20BrN3O/c1-9(2)16-8-10(13)7-11(16)12(17)15-6-4-5-14-3/h7-9,14H,4-6H2,1-3H3,(H,15,17). The van der Waals surface area contributed by atoms with Gasteiger partial charge in [-0.3, -0.25) is 4.79 Å². The van der Waals surface area contributed by atoms with E-state index in [4.69, 9.17) is 0 Å². The molecule has 0 saturated heterocycles. The third-order valence-corrected chi connectivity index (χ3v) is 2.93. The predicted molar refractivity (Wildman–Crippen MR) is 73.4 cm³/mol. The van der Waals surface area contributed by atoms with Crippen molar-refractivity contribution in [3.8, 4) is 0 Å². The van der Waals surface area contributed by atoms with Crippen molar-refractivity contribution in [3.05, 3.63) is 22.4 Å². The highest BCUT2D eigenvalue weighted by molar-refractivity contribution is 9.10. The lowest BCUT2D eigenvalue weighted by Gasteiger charge is -2.12. The van der Waals surface area contributed by atoms with Crippen LogP contribution in [0.4, 0.5) is 0 Å². The maximum absolute atomic E-state index is 12.0. The minimum atomic E-state index is -0.0134. The molecule has 0 aliphatic heterocycles. The Kier molecular flexibility index (Phi) is 5.71. The second-order valence-corrected chi connectivity index (χ2v) is 5.17. The molecule has 0 atom stereocenters. The first kappa shape index (κ1) is 14.3. The Hall–Kier alpha value is -0.810. The van der Waals surface area contributed by atoms with Crippen molar-refractivity contribution < 1.29 is 4.79 Å². The Labute approximate surface area is 111 Å². The third kappa shape index (κ3) is 4.16. The maximum atomic E-state index is 12.0. The van der Waals surface area contributed by atoms with Crippen LogP contribution < -0.4 is 10.6 Å². The summed E-state index contributed by atoms with van der Waals surface area (Å²) in [7, 11) is 1.91. The van der Waals surface area contributed by atoms with Crippen LogP contribution in [0.15, 0.2) is 16.7 Å². The van der Waals surface area contributed by atoms with Gasteiger partial charge in [-0.15, -0.1) is 0 Å². The second kappa shape index (κ2) is 6.81. The Morgan fingerprint density at radius 3 is 2.76 bits per heavy atom. The molecule has 0 unspecified atom stereocenters. The molecule has 1 heterocycles. The van der Waals surface area contributed by atoms with Crippen LogP contribution in [0.3, 0.4) is 0 Å². The molecule has 0 bridgehead atoms. The number of halogens is 1. The van der Waals surface area contributed by atoms with Gasteiger partial charge in [0.05, 0.1) is 0 Å². The number of hydrogen-bond donors (Lipinski definition) is 2. The monoisotopic (exact) mass is 301 g/mol. The smallest absolute Gasteiger partial charge is 0.267 e. The van der Waals surface area contributed by atoms with Gasteiger partial charge in [0, 0.05) is 23.3 Å². The Balaban J connectivity index is 2.62. The summed E-state index contributed by atoms with van der Waals surface area (Å²) in [5.41, 5.74) is 0.705. The van der Waals surface area contributed by atoms with Crippen LogP contribution in [0.5, 0.6) is 0 Å².